The molecule has 22 heavy (non-hydrogen) atoms. The van der Waals surface area contributed by atoms with Crippen LogP contribution in [0.15, 0.2) is 12.3 Å². The van der Waals surface area contributed by atoms with Gasteiger partial charge in [0.25, 0.3) is 0 Å². The van der Waals surface area contributed by atoms with E-state index >= 15 is 0 Å². The predicted molar refractivity (Wildman–Crippen MR) is 84.1 cm³/mol. The van der Waals surface area contributed by atoms with Crippen molar-refractivity contribution >= 4 is 17.7 Å². The molecule has 1 atom stereocenters. The number of hydrogen-bond donors (Lipinski definition) is 3. The van der Waals surface area contributed by atoms with Crippen molar-refractivity contribution < 1.29 is 14.6 Å². The van der Waals surface area contributed by atoms with Gasteiger partial charge in [0.2, 0.25) is 5.95 Å². The van der Waals surface area contributed by atoms with E-state index in [1.807, 2.05) is 19.9 Å². The Morgan fingerprint density at radius 2 is 2.36 bits per heavy atom. The summed E-state index contributed by atoms with van der Waals surface area (Å²) in [7, 11) is 0. The van der Waals surface area contributed by atoms with Crippen molar-refractivity contribution in [3.63, 3.8) is 0 Å². The maximum atomic E-state index is 10.7. The molecule has 1 aromatic rings. The largest absolute Gasteiger partial charge is 0.481 e. The molecule has 1 aliphatic rings. The van der Waals surface area contributed by atoms with Gasteiger partial charge >= 0.3 is 5.97 Å². The first-order valence-electron chi connectivity index (χ1n) is 7.62. The number of nitrogens with zero attached hydrogens (tertiary/aromatic N) is 2. The Bertz CT molecular complexity index is 501. The first-order chi connectivity index (χ1) is 10.4. The standard InChI is InChI=1S/C15H24N4O3/c1-15(2,7-5-13(20)21)19-14-16-8-6-12(18-14)17-11-4-3-9-22-10-11/h6,8,11H,3-5,7,9-10H2,1-2H3,(H,20,21)(H2,16,17,18,19). The van der Waals surface area contributed by atoms with Crippen LogP contribution in [0, 0.1) is 0 Å². The van der Waals surface area contributed by atoms with Crippen LogP contribution in [-0.2, 0) is 9.53 Å². The topological polar surface area (TPSA) is 96.4 Å². The molecule has 1 unspecified atom stereocenters. The molecule has 3 N–H and O–H groups in total. The summed E-state index contributed by atoms with van der Waals surface area (Å²) >= 11 is 0. The van der Waals surface area contributed by atoms with E-state index in [1.54, 1.807) is 6.20 Å². The van der Waals surface area contributed by atoms with Crippen LogP contribution >= 0.6 is 0 Å². The van der Waals surface area contributed by atoms with Gasteiger partial charge in [-0.05, 0) is 39.2 Å². The molecule has 0 saturated carbocycles. The molecule has 1 aromatic heterocycles. The lowest BCUT2D eigenvalue weighted by atomic mass is 9.99. The third kappa shape index (κ3) is 5.48. The van der Waals surface area contributed by atoms with Crippen molar-refractivity contribution in [1.82, 2.24) is 9.97 Å². The molecule has 1 saturated heterocycles. The second kappa shape index (κ2) is 7.40. The van der Waals surface area contributed by atoms with E-state index in [0.717, 1.165) is 25.3 Å². The lowest BCUT2D eigenvalue weighted by molar-refractivity contribution is -0.137. The molecule has 0 radical (unpaired) electrons. The van der Waals surface area contributed by atoms with Gasteiger partial charge < -0.3 is 20.5 Å². The van der Waals surface area contributed by atoms with Crippen LogP contribution in [0.2, 0.25) is 0 Å². The number of carbonyl (C=O) groups is 1. The Balaban J connectivity index is 1.93. The van der Waals surface area contributed by atoms with Crippen molar-refractivity contribution in [3.8, 4) is 0 Å². The van der Waals surface area contributed by atoms with Crippen LogP contribution in [0.5, 0.6) is 0 Å². The zero-order chi connectivity index (χ0) is 16.0. The lowest BCUT2D eigenvalue weighted by Crippen LogP contribution is -2.33. The van der Waals surface area contributed by atoms with Gasteiger partial charge in [-0.3, -0.25) is 4.79 Å². The normalized spacial score (nSPS) is 18.7. The fourth-order valence-electron chi connectivity index (χ4n) is 2.35. The fourth-order valence-corrected chi connectivity index (χ4v) is 2.35. The SMILES string of the molecule is CC(C)(CCC(=O)O)Nc1nccc(NC2CCCOC2)n1. The molecule has 2 heterocycles. The van der Waals surface area contributed by atoms with Crippen LogP contribution in [0.4, 0.5) is 11.8 Å². The van der Waals surface area contributed by atoms with Crippen LogP contribution in [-0.4, -0.2) is 45.8 Å². The molecule has 0 aliphatic carbocycles. The van der Waals surface area contributed by atoms with Crippen molar-refractivity contribution in [2.45, 2.75) is 51.1 Å². The van der Waals surface area contributed by atoms with Crippen molar-refractivity contribution in [2.24, 2.45) is 0 Å². The molecular formula is C15H24N4O3. The molecule has 1 aliphatic heterocycles. The van der Waals surface area contributed by atoms with E-state index in [-0.39, 0.29) is 18.0 Å². The molecule has 0 bridgehead atoms. The van der Waals surface area contributed by atoms with Crippen molar-refractivity contribution in [2.75, 3.05) is 23.8 Å². The van der Waals surface area contributed by atoms with Gasteiger partial charge in [-0.2, -0.15) is 4.98 Å². The van der Waals surface area contributed by atoms with Crippen LogP contribution in [0.3, 0.4) is 0 Å². The van der Waals surface area contributed by atoms with Crippen LogP contribution in [0.1, 0.15) is 39.5 Å². The number of aliphatic carboxylic acids is 1. The molecule has 122 valence electrons. The Morgan fingerprint density at radius 1 is 1.55 bits per heavy atom. The first-order valence-corrected chi connectivity index (χ1v) is 7.62. The molecule has 1 fully saturated rings. The van der Waals surface area contributed by atoms with Crippen molar-refractivity contribution in [3.05, 3.63) is 12.3 Å². The van der Waals surface area contributed by atoms with Gasteiger partial charge in [-0.25, -0.2) is 4.98 Å². The Hall–Kier alpha value is -1.89. The number of carboxylic acids is 1. The summed E-state index contributed by atoms with van der Waals surface area (Å²) in [5.41, 5.74) is -0.384. The summed E-state index contributed by atoms with van der Waals surface area (Å²) in [6.07, 6.45) is 4.42. The third-order valence-corrected chi connectivity index (χ3v) is 3.58. The summed E-state index contributed by atoms with van der Waals surface area (Å²) < 4.78 is 5.44. The van der Waals surface area contributed by atoms with Gasteiger partial charge in [0.15, 0.2) is 0 Å². The van der Waals surface area contributed by atoms with Gasteiger partial charge in [-0.15, -0.1) is 0 Å². The lowest BCUT2D eigenvalue weighted by Gasteiger charge is -2.26. The highest BCUT2D eigenvalue weighted by molar-refractivity contribution is 5.66. The molecule has 0 spiro atoms. The van der Waals surface area contributed by atoms with E-state index < -0.39 is 5.97 Å². The highest BCUT2D eigenvalue weighted by Crippen LogP contribution is 2.19. The maximum absolute atomic E-state index is 10.7. The van der Waals surface area contributed by atoms with Gasteiger partial charge in [0.05, 0.1) is 12.6 Å². The van der Waals surface area contributed by atoms with Gasteiger partial charge in [-0.1, -0.05) is 0 Å². The average Bonchev–Trinajstić information content (AvgIpc) is 2.46. The monoisotopic (exact) mass is 308 g/mol. The number of nitrogens with one attached hydrogen (secondary N) is 2. The van der Waals surface area contributed by atoms with E-state index in [4.69, 9.17) is 9.84 Å². The number of hydrogen-bond acceptors (Lipinski definition) is 6. The minimum absolute atomic E-state index is 0.108. The zero-order valence-electron chi connectivity index (χ0n) is 13.1. The second-order valence-corrected chi connectivity index (χ2v) is 6.23. The van der Waals surface area contributed by atoms with Crippen LogP contribution in [0.25, 0.3) is 0 Å². The van der Waals surface area contributed by atoms with Crippen LogP contribution < -0.4 is 10.6 Å². The minimum atomic E-state index is -0.802. The molecule has 0 aromatic carbocycles. The Labute approximate surface area is 130 Å². The maximum Gasteiger partial charge on any atom is 0.303 e. The Morgan fingerprint density at radius 3 is 3.05 bits per heavy atom. The number of carboxylic acid groups (broad SMARTS) is 1. The smallest absolute Gasteiger partial charge is 0.303 e. The summed E-state index contributed by atoms with van der Waals surface area (Å²) in [6.45, 7) is 5.39. The summed E-state index contributed by atoms with van der Waals surface area (Å²) in [5.74, 6) is 0.447. The zero-order valence-corrected chi connectivity index (χ0v) is 13.1. The fraction of sp³-hybridized carbons (Fsp3) is 0.667. The average molecular weight is 308 g/mol. The number of anilines is 2. The molecular weight excluding hydrogens is 284 g/mol. The summed E-state index contributed by atoms with van der Waals surface area (Å²) in [4.78, 5) is 19.3. The van der Waals surface area contributed by atoms with E-state index in [0.29, 0.717) is 19.0 Å². The summed E-state index contributed by atoms with van der Waals surface area (Å²) in [5, 5.41) is 15.3. The molecule has 2 rings (SSSR count). The van der Waals surface area contributed by atoms with Gasteiger partial charge in [0, 0.05) is 24.8 Å². The predicted octanol–water partition coefficient (Wildman–Crippen LogP) is 2.12. The number of ether oxygens (including phenoxy) is 1. The first kappa shape index (κ1) is 16.5. The highest BCUT2D eigenvalue weighted by Gasteiger charge is 2.20. The third-order valence-electron chi connectivity index (χ3n) is 3.58. The quantitative estimate of drug-likeness (QED) is 0.710. The summed E-state index contributed by atoms with van der Waals surface area (Å²) in [6, 6.07) is 2.10. The van der Waals surface area contributed by atoms with Gasteiger partial charge in [0.1, 0.15) is 5.82 Å². The Kier molecular flexibility index (Phi) is 5.54. The van der Waals surface area contributed by atoms with Crippen molar-refractivity contribution in [1.29, 1.82) is 0 Å². The molecule has 7 nitrogen and oxygen atoms in total. The van der Waals surface area contributed by atoms with E-state index in [1.165, 1.54) is 0 Å². The number of rotatable bonds is 7. The highest BCUT2D eigenvalue weighted by atomic mass is 16.5. The number of aromatic nitrogens is 2. The molecule has 0 amide bonds. The second-order valence-electron chi connectivity index (χ2n) is 6.23. The van der Waals surface area contributed by atoms with E-state index in [9.17, 15) is 4.79 Å². The minimum Gasteiger partial charge on any atom is -0.481 e. The van der Waals surface area contributed by atoms with E-state index in [2.05, 4.69) is 20.6 Å². The molecule has 7 heteroatoms.